The van der Waals surface area contributed by atoms with Crippen molar-refractivity contribution in [2.75, 3.05) is 0 Å². The molecule has 98 valence electrons. The predicted molar refractivity (Wildman–Crippen MR) is 65.7 cm³/mol. The molecule has 18 heavy (non-hydrogen) atoms. The van der Waals surface area contributed by atoms with Crippen molar-refractivity contribution < 1.29 is 19.1 Å². The van der Waals surface area contributed by atoms with Gasteiger partial charge in [-0.2, -0.15) is 0 Å². The lowest BCUT2D eigenvalue weighted by Crippen LogP contribution is -2.30. The van der Waals surface area contributed by atoms with Crippen molar-refractivity contribution in [2.45, 2.75) is 32.4 Å². The third-order valence-corrected chi connectivity index (χ3v) is 1.99. The van der Waals surface area contributed by atoms with Crippen LogP contribution in [0.4, 0.5) is 4.79 Å². The van der Waals surface area contributed by atoms with Crippen LogP contribution in [0.25, 0.3) is 0 Å². The number of nitrogens with two attached hydrogens (primary N) is 1. The summed E-state index contributed by atoms with van der Waals surface area (Å²) in [6.07, 6.45) is -1.04. The first-order chi connectivity index (χ1) is 8.29. The van der Waals surface area contributed by atoms with Crippen molar-refractivity contribution in [1.29, 1.82) is 0 Å². The highest BCUT2D eigenvalue weighted by Crippen LogP contribution is 2.13. The van der Waals surface area contributed by atoms with E-state index in [1.54, 1.807) is 51.1 Å². The number of carbonyl (C=O) groups is 2. The lowest BCUT2D eigenvalue weighted by atomic mass is 10.1. The lowest BCUT2D eigenvalue weighted by Gasteiger charge is -2.19. The molecule has 0 aliphatic carbocycles. The average molecular weight is 251 g/mol. The van der Waals surface area contributed by atoms with E-state index in [-0.39, 0.29) is 0 Å². The van der Waals surface area contributed by atoms with Crippen LogP contribution < -0.4 is 5.73 Å². The zero-order valence-electron chi connectivity index (χ0n) is 10.7. The van der Waals surface area contributed by atoms with Crippen LogP contribution in [-0.2, 0) is 14.3 Å². The molecule has 0 heterocycles. The minimum atomic E-state index is -1.04. The summed E-state index contributed by atoms with van der Waals surface area (Å²) in [4.78, 5) is 22.9. The van der Waals surface area contributed by atoms with Crippen molar-refractivity contribution in [2.24, 2.45) is 5.73 Å². The Morgan fingerprint density at radius 3 is 2.22 bits per heavy atom. The van der Waals surface area contributed by atoms with E-state index in [0.717, 1.165) is 0 Å². The summed E-state index contributed by atoms with van der Waals surface area (Å²) in [6.45, 7) is 5.03. The number of hydrogen-bond acceptors (Lipinski definition) is 5. The minimum Gasteiger partial charge on any atom is -0.428 e. The first-order valence-electron chi connectivity index (χ1n) is 5.55. The zero-order valence-corrected chi connectivity index (χ0v) is 10.7. The molecule has 1 aromatic carbocycles. The van der Waals surface area contributed by atoms with E-state index in [9.17, 15) is 9.59 Å². The second kappa shape index (κ2) is 5.64. The summed E-state index contributed by atoms with van der Waals surface area (Å²) in [6, 6.07) is 7.65. The van der Waals surface area contributed by atoms with Gasteiger partial charge in [-0.3, -0.25) is 0 Å². The van der Waals surface area contributed by atoms with Crippen LogP contribution in [0.5, 0.6) is 0 Å². The molecule has 0 fully saturated rings. The maximum Gasteiger partial charge on any atom is 0.516 e. The van der Waals surface area contributed by atoms with Gasteiger partial charge in [-0.15, -0.1) is 0 Å². The molecule has 1 unspecified atom stereocenters. The highest BCUT2D eigenvalue weighted by molar-refractivity contribution is 5.86. The van der Waals surface area contributed by atoms with Gasteiger partial charge in [0.25, 0.3) is 0 Å². The van der Waals surface area contributed by atoms with E-state index in [0.29, 0.717) is 5.56 Å². The fraction of sp³-hybridized carbons (Fsp3) is 0.385. The number of rotatable bonds is 2. The van der Waals surface area contributed by atoms with Crippen LogP contribution in [0.3, 0.4) is 0 Å². The van der Waals surface area contributed by atoms with Crippen LogP contribution >= 0.6 is 0 Å². The molecular weight excluding hydrogens is 234 g/mol. The zero-order chi connectivity index (χ0) is 13.8. The fourth-order valence-electron chi connectivity index (χ4n) is 1.21. The topological polar surface area (TPSA) is 78.6 Å². The van der Waals surface area contributed by atoms with E-state index in [2.05, 4.69) is 4.74 Å². The molecule has 1 rings (SSSR count). The van der Waals surface area contributed by atoms with Gasteiger partial charge in [0.05, 0.1) is 0 Å². The van der Waals surface area contributed by atoms with Gasteiger partial charge >= 0.3 is 12.1 Å². The van der Waals surface area contributed by atoms with Gasteiger partial charge in [0.15, 0.2) is 0 Å². The third-order valence-electron chi connectivity index (χ3n) is 1.99. The average Bonchev–Trinajstić information content (AvgIpc) is 2.26. The van der Waals surface area contributed by atoms with Gasteiger partial charge in [0, 0.05) is 0 Å². The van der Waals surface area contributed by atoms with Crippen LogP contribution in [0.2, 0.25) is 0 Å². The fourth-order valence-corrected chi connectivity index (χ4v) is 1.21. The Morgan fingerprint density at radius 2 is 1.72 bits per heavy atom. The van der Waals surface area contributed by atoms with Gasteiger partial charge in [-0.1, -0.05) is 30.3 Å². The first-order valence-corrected chi connectivity index (χ1v) is 5.55. The molecule has 5 heteroatoms. The van der Waals surface area contributed by atoms with Gasteiger partial charge in [-0.05, 0) is 26.3 Å². The first kappa shape index (κ1) is 14.2. The maximum absolute atomic E-state index is 11.6. The molecule has 0 bridgehead atoms. The summed E-state index contributed by atoms with van der Waals surface area (Å²) >= 11 is 0. The Morgan fingerprint density at radius 1 is 1.17 bits per heavy atom. The van der Waals surface area contributed by atoms with Crippen LogP contribution in [0.15, 0.2) is 30.3 Å². The quantitative estimate of drug-likeness (QED) is 0.643. The van der Waals surface area contributed by atoms with Crippen molar-refractivity contribution >= 4 is 12.1 Å². The normalized spacial score (nSPS) is 12.7. The van der Waals surface area contributed by atoms with Gasteiger partial charge in [0.2, 0.25) is 0 Å². The molecule has 5 nitrogen and oxygen atoms in total. The number of esters is 1. The monoisotopic (exact) mass is 251 g/mol. The standard InChI is InChI=1S/C13H17NO4/c1-13(2,3)18-12(16)17-11(15)10(14)9-7-5-4-6-8-9/h4-8,10H,14H2,1-3H3. The largest absolute Gasteiger partial charge is 0.516 e. The van der Waals surface area contributed by atoms with E-state index in [1.807, 2.05) is 0 Å². The molecule has 2 N–H and O–H groups in total. The Labute approximate surface area is 106 Å². The summed E-state index contributed by atoms with van der Waals surface area (Å²) in [7, 11) is 0. The Balaban J connectivity index is 2.59. The van der Waals surface area contributed by atoms with Gasteiger partial charge < -0.3 is 15.2 Å². The SMILES string of the molecule is CC(C)(C)OC(=O)OC(=O)C(N)c1ccccc1. The third kappa shape index (κ3) is 4.55. The van der Waals surface area contributed by atoms with Crippen molar-refractivity contribution in [3.05, 3.63) is 35.9 Å². The Bertz CT molecular complexity index is 422. The molecule has 0 spiro atoms. The molecule has 0 amide bonds. The van der Waals surface area contributed by atoms with E-state index in [1.165, 1.54) is 0 Å². The van der Waals surface area contributed by atoms with Gasteiger partial charge in [-0.25, -0.2) is 9.59 Å². The molecule has 0 aliphatic rings. The van der Waals surface area contributed by atoms with Crippen LogP contribution in [0.1, 0.15) is 32.4 Å². The molecule has 1 atom stereocenters. The Kier molecular flexibility index (Phi) is 4.44. The van der Waals surface area contributed by atoms with E-state index < -0.39 is 23.8 Å². The summed E-state index contributed by atoms with van der Waals surface area (Å²) in [5, 5.41) is 0. The van der Waals surface area contributed by atoms with Crippen LogP contribution in [0, 0.1) is 0 Å². The van der Waals surface area contributed by atoms with Crippen LogP contribution in [-0.4, -0.2) is 17.7 Å². The molecule has 0 saturated carbocycles. The molecule has 1 aromatic rings. The lowest BCUT2D eigenvalue weighted by molar-refractivity contribution is -0.143. The van der Waals surface area contributed by atoms with Crippen molar-refractivity contribution in [3.8, 4) is 0 Å². The second-order valence-electron chi connectivity index (χ2n) is 4.77. The second-order valence-corrected chi connectivity index (χ2v) is 4.77. The molecule has 0 aromatic heterocycles. The molecule has 0 radical (unpaired) electrons. The van der Waals surface area contributed by atoms with Gasteiger partial charge in [0.1, 0.15) is 11.6 Å². The van der Waals surface area contributed by atoms with Crippen molar-refractivity contribution in [3.63, 3.8) is 0 Å². The summed E-state index contributed by atoms with van der Waals surface area (Å²) in [5.74, 6) is -0.838. The number of ether oxygens (including phenoxy) is 2. The molecule has 0 aliphatic heterocycles. The minimum absolute atomic E-state index is 0.575. The summed E-state index contributed by atoms with van der Waals surface area (Å²) < 4.78 is 9.37. The smallest absolute Gasteiger partial charge is 0.428 e. The Hall–Kier alpha value is -1.88. The highest BCUT2D eigenvalue weighted by Gasteiger charge is 2.24. The molecular formula is C13H17NO4. The van der Waals surface area contributed by atoms with E-state index in [4.69, 9.17) is 10.5 Å². The van der Waals surface area contributed by atoms with Crippen molar-refractivity contribution in [1.82, 2.24) is 0 Å². The van der Waals surface area contributed by atoms with E-state index >= 15 is 0 Å². The maximum atomic E-state index is 11.6. The summed E-state index contributed by atoms with van der Waals surface area (Å²) in [5.41, 5.74) is 5.53. The highest BCUT2D eigenvalue weighted by atomic mass is 16.7. The number of hydrogen-bond donors (Lipinski definition) is 1. The molecule has 0 saturated heterocycles. The number of carbonyl (C=O) groups excluding carboxylic acids is 2. The number of benzene rings is 1. The predicted octanol–water partition coefficient (Wildman–Crippen LogP) is 2.16.